The van der Waals surface area contributed by atoms with E-state index in [9.17, 15) is 19.8 Å². The molecule has 6 nitrogen and oxygen atoms in total. The molecule has 0 saturated heterocycles. The molecule has 0 aromatic rings. The fourth-order valence-corrected chi connectivity index (χ4v) is 7.29. The molecule has 0 radical (unpaired) electrons. The molecule has 0 fully saturated rings. The number of hydrogen-bond acceptors (Lipinski definition) is 5. The summed E-state index contributed by atoms with van der Waals surface area (Å²) in [5.74, 6) is -0.564. The van der Waals surface area contributed by atoms with E-state index in [0.717, 1.165) is 64.2 Å². The monoisotopic (exact) mass is 850 g/mol. The Morgan fingerprint density at radius 2 is 0.918 bits per heavy atom. The van der Waals surface area contributed by atoms with Crippen LogP contribution in [0.3, 0.4) is 0 Å². The van der Waals surface area contributed by atoms with E-state index >= 15 is 0 Å². The smallest absolute Gasteiger partial charge is 0.306 e. The second-order valence-electron chi connectivity index (χ2n) is 17.0. The van der Waals surface area contributed by atoms with Gasteiger partial charge in [0.25, 0.3) is 0 Å². The lowest BCUT2D eigenvalue weighted by Crippen LogP contribution is -2.46. The number of carbonyl (C=O) groups excluding carboxylic acids is 2. The molecule has 3 atom stereocenters. The van der Waals surface area contributed by atoms with Gasteiger partial charge in [-0.05, 0) is 64.2 Å². The van der Waals surface area contributed by atoms with E-state index in [1.54, 1.807) is 0 Å². The van der Waals surface area contributed by atoms with Gasteiger partial charge >= 0.3 is 5.97 Å². The number of unbranched alkanes of at least 4 members (excludes halogenated alkanes) is 23. The first kappa shape index (κ1) is 58.0. The van der Waals surface area contributed by atoms with Gasteiger partial charge in [0.1, 0.15) is 6.10 Å². The van der Waals surface area contributed by atoms with Crippen LogP contribution in [0, 0.1) is 0 Å². The van der Waals surface area contributed by atoms with Crippen LogP contribution in [0.1, 0.15) is 226 Å². The van der Waals surface area contributed by atoms with Crippen molar-refractivity contribution in [2.75, 3.05) is 6.61 Å². The van der Waals surface area contributed by atoms with Crippen molar-refractivity contribution in [1.29, 1.82) is 0 Å². The van der Waals surface area contributed by atoms with Crippen LogP contribution in [0.2, 0.25) is 0 Å². The third-order valence-electron chi connectivity index (χ3n) is 11.1. The van der Waals surface area contributed by atoms with Gasteiger partial charge in [0, 0.05) is 6.42 Å². The quantitative estimate of drug-likeness (QED) is 0.0246. The lowest BCUT2D eigenvalue weighted by molar-refractivity contribution is -0.151. The number of hydrogen-bond donors (Lipinski definition) is 3. The third kappa shape index (κ3) is 43.5. The highest BCUT2D eigenvalue weighted by Gasteiger charge is 2.24. The van der Waals surface area contributed by atoms with E-state index < -0.39 is 18.2 Å². The molecule has 6 heteroatoms. The van der Waals surface area contributed by atoms with Crippen LogP contribution >= 0.6 is 0 Å². The van der Waals surface area contributed by atoms with Crippen LogP contribution in [-0.4, -0.2) is 46.9 Å². The van der Waals surface area contributed by atoms with E-state index in [4.69, 9.17) is 4.74 Å². The van der Waals surface area contributed by atoms with Crippen molar-refractivity contribution in [2.45, 2.75) is 244 Å². The van der Waals surface area contributed by atoms with Crippen molar-refractivity contribution < 1.29 is 24.5 Å². The number of aliphatic hydroxyl groups is 2. The molecule has 0 spiro atoms. The van der Waals surface area contributed by atoms with Gasteiger partial charge in [0.2, 0.25) is 5.91 Å². The molecular formula is C55H95NO5. The molecule has 1 amide bonds. The molecule has 350 valence electrons. The zero-order chi connectivity index (χ0) is 44.5. The zero-order valence-electron chi connectivity index (χ0n) is 39.8. The zero-order valence-corrected chi connectivity index (χ0v) is 39.8. The van der Waals surface area contributed by atoms with Gasteiger partial charge in [-0.2, -0.15) is 0 Å². The average molecular weight is 850 g/mol. The van der Waals surface area contributed by atoms with Crippen LogP contribution in [0.5, 0.6) is 0 Å². The number of rotatable bonds is 44. The minimum Gasteiger partial charge on any atom is -0.462 e. The van der Waals surface area contributed by atoms with Gasteiger partial charge in [-0.15, -0.1) is 0 Å². The molecule has 0 aliphatic heterocycles. The van der Waals surface area contributed by atoms with E-state index in [0.29, 0.717) is 19.3 Å². The highest BCUT2D eigenvalue weighted by Crippen LogP contribution is 2.17. The Labute approximate surface area is 376 Å². The summed E-state index contributed by atoms with van der Waals surface area (Å²) < 4.78 is 5.88. The van der Waals surface area contributed by atoms with Crippen molar-refractivity contribution in [3.8, 4) is 0 Å². The fourth-order valence-electron chi connectivity index (χ4n) is 7.29. The molecule has 0 heterocycles. The maximum Gasteiger partial charge on any atom is 0.306 e. The summed E-state index contributed by atoms with van der Waals surface area (Å²) >= 11 is 0. The highest BCUT2D eigenvalue weighted by atomic mass is 16.5. The maximum atomic E-state index is 13.2. The first-order valence-electron chi connectivity index (χ1n) is 25.4. The Morgan fingerprint density at radius 1 is 0.492 bits per heavy atom. The summed E-state index contributed by atoms with van der Waals surface area (Å²) in [6, 6.07) is -0.731. The van der Waals surface area contributed by atoms with Crippen LogP contribution in [-0.2, 0) is 14.3 Å². The fraction of sp³-hybridized carbons (Fsp3) is 0.709. The Kier molecular flexibility index (Phi) is 45.7. The van der Waals surface area contributed by atoms with E-state index in [1.807, 2.05) is 60.8 Å². The molecule has 0 saturated carbocycles. The molecule has 3 unspecified atom stereocenters. The maximum absolute atomic E-state index is 13.2. The van der Waals surface area contributed by atoms with Crippen molar-refractivity contribution >= 4 is 11.9 Å². The second kappa shape index (κ2) is 48.1. The molecule has 0 bridgehead atoms. The Morgan fingerprint density at radius 3 is 1.44 bits per heavy atom. The first-order chi connectivity index (χ1) is 30.0. The van der Waals surface area contributed by atoms with Gasteiger partial charge < -0.3 is 20.3 Å². The van der Waals surface area contributed by atoms with E-state index in [-0.39, 0.29) is 24.9 Å². The van der Waals surface area contributed by atoms with Crippen LogP contribution in [0.4, 0.5) is 0 Å². The number of allylic oxidation sites excluding steroid dienone is 14. The SMILES string of the molecule is CC\C=C/C=C/C=C/C=C\C=C\C=C\CCCC(CC(=O)NC(CO)C(O)CCCCCCCCCCCCCCCCC)OC(=O)CCCCCCC/C=C\CCCCC. The Bertz CT molecular complexity index is 1180. The molecule has 3 N–H and O–H groups in total. The number of amides is 1. The van der Waals surface area contributed by atoms with Crippen molar-refractivity contribution in [1.82, 2.24) is 5.32 Å². The number of ether oxygens (including phenoxy) is 1. The summed E-state index contributed by atoms with van der Waals surface area (Å²) in [7, 11) is 0. The molecular weight excluding hydrogens is 755 g/mol. The predicted octanol–water partition coefficient (Wildman–Crippen LogP) is 15.2. The van der Waals surface area contributed by atoms with E-state index in [1.165, 1.54) is 116 Å². The van der Waals surface area contributed by atoms with Crippen LogP contribution < -0.4 is 5.32 Å². The molecule has 0 aliphatic rings. The van der Waals surface area contributed by atoms with E-state index in [2.05, 4.69) is 50.4 Å². The lowest BCUT2D eigenvalue weighted by atomic mass is 10.0. The van der Waals surface area contributed by atoms with Gasteiger partial charge in [0.15, 0.2) is 0 Å². The molecule has 0 rings (SSSR count). The first-order valence-corrected chi connectivity index (χ1v) is 25.4. The van der Waals surface area contributed by atoms with Crippen LogP contribution in [0.25, 0.3) is 0 Å². The number of esters is 1. The average Bonchev–Trinajstić information content (AvgIpc) is 3.25. The minimum absolute atomic E-state index is 0.0197. The number of nitrogens with one attached hydrogen (secondary N) is 1. The largest absolute Gasteiger partial charge is 0.462 e. The summed E-state index contributed by atoms with van der Waals surface area (Å²) in [4.78, 5) is 26.1. The normalized spacial score (nSPS) is 14.0. The van der Waals surface area contributed by atoms with Gasteiger partial charge in [-0.3, -0.25) is 9.59 Å². The molecule has 0 aliphatic carbocycles. The standard InChI is InChI=1S/C55H95NO5/c1-4-7-10-13-16-19-22-25-27-29-31-34-37-40-43-46-51(61-55(60)48-45-42-39-36-33-24-21-18-15-12-9-6-3)49-54(59)56-52(50-57)53(58)47-44-41-38-35-32-30-28-26-23-20-17-14-11-8-5-2/h7,10,13,16,18-19,21-22,25,27,29,31,34,37,51-53,57-58H,4-6,8-9,11-12,14-15,17,20,23-24,26,28,30,32-33,35-36,38-50H2,1-3H3,(H,56,59)/b10-7-,16-13+,21-18-,22-19+,27-25-,31-29+,37-34+. The molecule has 0 aromatic heterocycles. The highest BCUT2D eigenvalue weighted by molar-refractivity contribution is 5.77. The summed E-state index contributed by atoms with van der Waals surface area (Å²) in [5, 5.41) is 23.7. The van der Waals surface area contributed by atoms with Crippen LogP contribution in [0.15, 0.2) is 85.1 Å². The molecule has 0 aromatic carbocycles. The van der Waals surface area contributed by atoms with Gasteiger partial charge in [0.05, 0.1) is 25.2 Å². The van der Waals surface area contributed by atoms with Crippen molar-refractivity contribution in [2.24, 2.45) is 0 Å². The Hall–Kier alpha value is -2.96. The number of aliphatic hydroxyl groups excluding tert-OH is 2. The third-order valence-corrected chi connectivity index (χ3v) is 11.1. The summed E-state index contributed by atoms with van der Waals surface area (Å²) in [6.07, 6.45) is 62.1. The van der Waals surface area contributed by atoms with Gasteiger partial charge in [-0.25, -0.2) is 0 Å². The summed E-state index contributed by atoms with van der Waals surface area (Å²) in [5.41, 5.74) is 0. The summed E-state index contributed by atoms with van der Waals surface area (Å²) in [6.45, 7) is 6.29. The number of carbonyl (C=O) groups is 2. The van der Waals surface area contributed by atoms with Crippen molar-refractivity contribution in [3.63, 3.8) is 0 Å². The minimum atomic E-state index is -0.812. The Balaban J connectivity index is 4.72. The molecule has 61 heavy (non-hydrogen) atoms. The van der Waals surface area contributed by atoms with Crippen molar-refractivity contribution in [3.05, 3.63) is 85.1 Å². The predicted molar refractivity (Wildman–Crippen MR) is 264 cm³/mol. The lowest BCUT2D eigenvalue weighted by Gasteiger charge is -2.24. The van der Waals surface area contributed by atoms with Gasteiger partial charge in [-0.1, -0.05) is 234 Å². The topological polar surface area (TPSA) is 95.9 Å². The second-order valence-corrected chi connectivity index (χ2v) is 17.0.